The molecule has 1 aliphatic rings. The molecule has 2 aromatic heterocycles. The summed E-state index contributed by atoms with van der Waals surface area (Å²) in [6.45, 7) is 7.26. The SMILES string of the molecule is CCOC(=O)c1c(NC(=O)CCC(=O)N2CCc3sccc3C2)sc(C)c1CC. The van der Waals surface area contributed by atoms with Crippen LogP contribution >= 0.6 is 22.7 Å². The van der Waals surface area contributed by atoms with Crippen LogP contribution in [0, 0.1) is 6.92 Å². The van der Waals surface area contributed by atoms with E-state index in [1.807, 2.05) is 18.7 Å². The van der Waals surface area contributed by atoms with Gasteiger partial charge in [-0.1, -0.05) is 6.92 Å². The third-order valence-corrected chi connectivity index (χ3v) is 7.11. The van der Waals surface area contributed by atoms with Crippen LogP contribution in [0.2, 0.25) is 0 Å². The zero-order valence-electron chi connectivity index (χ0n) is 17.0. The number of fused-ring (bicyclic) bond motifs is 1. The van der Waals surface area contributed by atoms with Crippen LogP contribution in [-0.2, 0) is 33.7 Å². The Morgan fingerprint density at radius 3 is 2.76 bits per heavy atom. The minimum Gasteiger partial charge on any atom is -0.462 e. The Hall–Kier alpha value is -2.19. The Balaban J connectivity index is 1.60. The van der Waals surface area contributed by atoms with E-state index < -0.39 is 5.97 Å². The number of carbonyl (C=O) groups is 3. The second-order valence-corrected chi connectivity index (χ2v) is 9.12. The van der Waals surface area contributed by atoms with Crippen LogP contribution in [0.4, 0.5) is 5.00 Å². The first-order valence-electron chi connectivity index (χ1n) is 9.86. The molecule has 0 unspecified atom stereocenters. The highest BCUT2D eigenvalue weighted by atomic mass is 32.1. The van der Waals surface area contributed by atoms with Crippen LogP contribution < -0.4 is 5.32 Å². The van der Waals surface area contributed by atoms with Gasteiger partial charge in [0.25, 0.3) is 0 Å². The second-order valence-electron chi connectivity index (χ2n) is 6.90. The number of nitrogens with one attached hydrogen (secondary N) is 1. The third-order valence-electron chi connectivity index (χ3n) is 5.02. The molecule has 1 aliphatic heterocycles. The van der Waals surface area contributed by atoms with Gasteiger partial charge in [-0.05, 0) is 49.3 Å². The predicted molar refractivity (Wildman–Crippen MR) is 116 cm³/mol. The zero-order valence-corrected chi connectivity index (χ0v) is 18.6. The quantitative estimate of drug-likeness (QED) is 0.664. The van der Waals surface area contributed by atoms with Crippen LogP contribution in [0.25, 0.3) is 0 Å². The first-order valence-corrected chi connectivity index (χ1v) is 11.6. The minimum absolute atomic E-state index is 0.0146. The molecule has 156 valence electrons. The van der Waals surface area contributed by atoms with E-state index in [1.54, 1.807) is 18.3 Å². The van der Waals surface area contributed by atoms with Crippen molar-refractivity contribution in [1.82, 2.24) is 4.90 Å². The molecule has 2 aromatic rings. The van der Waals surface area contributed by atoms with E-state index >= 15 is 0 Å². The first kappa shape index (κ1) is 21.5. The van der Waals surface area contributed by atoms with Crippen LogP contribution in [-0.4, -0.2) is 35.8 Å². The highest BCUT2D eigenvalue weighted by Crippen LogP contribution is 2.34. The average molecular weight is 435 g/mol. The molecule has 8 heteroatoms. The van der Waals surface area contributed by atoms with E-state index in [9.17, 15) is 14.4 Å². The third kappa shape index (κ3) is 4.87. The monoisotopic (exact) mass is 434 g/mol. The number of rotatable bonds is 7. The maximum Gasteiger partial charge on any atom is 0.341 e. The molecule has 0 radical (unpaired) electrons. The van der Waals surface area contributed by atoms with Gasteiger partial charge in [-0.3, -0.25) is 9.59 Å². The van der Waals surface area contributed by atoms with Gasteiger partial charge in [-0.2, -0.15) is 0 Å². The number of nitrogens with zero attached hydrogens (tertiary/aromatic N) is 1. The molecular formula is C21H26N2O4S2. The van der Waals surface area contributed by atoms with Crippen molar-refractivity contribution in [2.24, 2.45) is 0 Å². The van der Waals surface area contributed by atoms with Gasteiger partial charge >= 0.3 is 5.97 Å². The topological polar surface area (TPSA) is 75.7 Å². The smallest absolute Gasteiger partial charge is 0.341 e. The molecule has 0 bridgehead atoms. The lowest BCUT2D eigenvalue weighted by molar-refractivity contribution is -0.133. The normalized spacial score (nSPS) is 13.1. The first-order chi connectivity index (χ1) is 13.9. The summed E-state index contributed by atoms with van der Waals surface area (Å²) in [6.07, 6.45) is 1.81. The van der Waals surface area contributed by atoms with E-state index in [0.717, 1.165) is 16.9 Å². The molecule has 3 heterocycles. The van der Waals surface area contributed by atoms with Crippen molar-refractivity contribution in [3.8, 4) is 0 Å². The van der Waals surface area contributed by atoms with Gasteiger partial charge in [0.2, 0.25) is 11.8 Å². The van der Waals surface area contributed by atoms with E-state index in [4.69, 9.17) is 4.74 Å². The summed E-state index contributed by atoms with van der Waals surface area (Å²) in [5.74, 6) is -0.694. The number of ether oxygens (including phenoxy) is 1. The molecular weight excluding hydrogens is 408 g/mol. The van der Waals surface area contributed by atoms with Crippen molar-refractivity contribution in [1.29, 1.82) is 0 Å². The van der Waals surface area contributed by atoms with E-state index in [2.05, 4.69) is 16.8 Å². The summed E-state index contributed by atoms with van der Waals surface area (Å²) in [6, 6.07) is 2.06. The van der Waals surface area contributed by atoms with Crippen molar-refractivity contribution >= 4 is 45.5 Å². The maximum absolute atomic E-state index is 12.5. The van der Waals surface area contributed by atoms with Crippen LogP contribution in [0.15, 0.2) is 11.4 Å². The van der Waals surface area contributed by atoms with Gasteiger partial charge in [-0.15, -0.1) is 22.7 Å². The lowest BCUT2D eigenvalue weighted by atomic mass is 10.1. The van der Waals surface area contributed by atoms with Gasteiger partial charge in [0, 0.05) is 35.7 Å². The fourth-order valence-corrected chi connectivity index (χ4v) is 5.58. The Morgan fingerprint density at radius 2 is 2.03 bits per heavy atom. The summed E-state index contributed by atoms with van der Waals surface area (Å²) in [7, 11) is 0. The number of esters is 1. The number of carbonyl (C=O) groups excluding carboxylic acids is 3. The Labute approximate surface area is 178 Å². The fourth-order valence-electron chi connectivity index (χ4n) is 3.54. The molecule has 0 saturated heterocycles. The van der Waals surface area contributed by atoms with Crippen molar-refractivity contribution < 1.29 is 19.1 Å². The van der Waals surface area contributed by atoms with Crippen LogP contribution in [0.1, 0.15) is 57.9 Å². The van der Waals surface area contributed by atoms with Crippen molar-refractivity contribution in [3.05, 3.63) is 37.9 Å². The second kappa shape index (κ2) is 9.54. The van der Waals surface area contributed by atoms with Gasteiger partial charge in [0.15, 0.2) is 0 Å². The summed E-state index contributed by atoms with van der Waals surface area (Å²) in [5, 5.41) is 5.39. The molecule has 0 atom stereocenters. The van der Waals surface area contributed by atoms with E-state index in [-0.39, 0.29) is 31.3 Å². The largest absolute Gasteiger partial charge is 0.462 e. The molecule has 2 amide bonds. The molecule has 3 rings (SSSR count). The lowest BCUT2D eigenvalue weighted by Crippen LogP contribution is -2.35. The highest BCUT2D eigenvalue weighted by Gasteiger charge is 2.25. The highest BCUT2D eigenvalue weighted by molar-refractivity contribution is 7.16. The molecule has 0 fully saturated rings. The maximum atomic E-state index is 12.5. The number of hydrogen-bond acceptors (Lipinski definition) is 6. The van der Waals surface area contributed by atoms with Gasteiger partial charge in [0.1, 0.15) is 5.00 Å². The van der Waals surface area contributed by atoms with Gasteiger partial charge in [-0.25, -0.2) is 4.79 Å². The fraction of sp³-hybridized carbons (Fsp3) is 0.476. The van der Waals surface area contributed by atoms with Crippen LogP contribution in [0.5, 0.6) is 0 Å². The molecule has 0 aliphatic carbocycles. The minimum atomic E-state index is -0.417. The van der Waals surface area contributed by atoms with Crippen molar-refractivity contribution in [2.45, 2.75) is 53.0 Å². The predicted octanol–water partition coefficient (Wildman–Crippen LogP) is 4.16. The standard InChI is InChI=1S/C21H26N2O4S2/c1-4-15-13(3)29-20(19(15)21(26)27-5-2)22-17(24)6-7-18(25)23-10-8-16-14(12-23)9-11-28-16/h9,11H,4-8,10,12H2,1-3H3,(H,22,24). The summed E-state index contributed by atoms with van der Waals surface area (Å²) in [4.78, 5) is 41.5. The lowest BCUT2D eigenvalue weighted by Gasteiger charge is -2.27. The summed E-state index contributed by atoms with van der Waals surface area (Å²) < 4.78 is 5.16. The van der Waals surface area contributed by atoms with E-state index in [1.165, 1.54) is 21.8 Å². The Kier molecular flexibility index (Phi) is 7.08. The van der Waals surface area contributed by atoms with Crippen molar-refractivity contribution in [3.63, 3.8) is 0 Å². The number of hydrogen-bond donors (Lipinski definition) is 1. The van der Waals surface area contributed by atoms with Gasteiger partial charge in [0.05, 0.1) is 12.2 Å². The number of amides is 2. The molecule has 1 N–H and O–H groups in total. The number of thiophene rings is 2. The molecule has 0 saturated carbocycles. The summed E-state index contributed by atoms with van der Waals surface area (Å²) >= 11 is 3.11. The number of anilines is 1. The Morgan fingerprint density at radius 1 is 1.24 bits per heavy atom. The van der Waals surface area contributed by atoms with Gasteiger partial charge < -0.3 is 15.0 Å². The summed E-state index contributed by atoms with van der Waals surface area (Å²) in [5.41, 5.74) is 2.55. The molecule has 0 spiro atoms. The molecule has 6 nitrogen and oxygen atoms in total. The van der Waals surface area contributed by atoms with Crippen molar-refractivity contribution in [2.75, 3.05) is 18.5 Å². The average Bonchev–Trinajstić information content (AvgIpc) is 3.29. The Bertz CT molecular complexity index is 916. The number of aryl methyl sites for hydroxylation is 1. The van der Waals surface area contributed by atoms with E-state index in [0.29, 0.717) is 30.1 Å². The molecule has 29 heavy (non-hydrogen) atoms. The molecule has 0 aromatic carbocycles. The van der Waals surface area contributed by atoms with Crippen LogP contribution in [0.3, 0.4) is 0 Å². The zero-order chi connectivity index (χ0) is 21.0.